The van der Waals surface area contributed by atoms with Gasteiger partial charge in [-0.1, -0.05) is 11.6 Å². The van der Waals surface area contributed by atoms with E-state index >= 15 is 0 Å². The van der Waals surface area contributed by atoms with Gasteiger partial charge in [0.2, 0.25) is 0 Å². The van der Waals surface area contributed by atoms with Crippen LogP contribution >= 0.6 is 11.6 Å². The lowest BCUT2D eigenvalue weighted by molar-refractivity contribution is 0.321. The molecule has 0 radical (unpaired) electrons. The van der Waals surface area contributed by atoms with Gasteiger partial charge < -0.3 is 5.73 Å². The van der Waals surface area contributed by atoms with Crippen molar-refractivity contribution in [2.24, 2.45) is 5.73 Å². The number of nitrogens with zero attached hydrogens (tertiary/aromatic N) is 1. The van der Waals surface area contributed by atoms with Gasteiger partial charge in [-0.3, -0.25) is 4.90 Å². The molecule has 1 aromatic carbocycles. The summed E-state index contributed by atoms with van der Waals surface area (Å²) < 4.78 is 13.4. The lowest BCUT2D eigenvalue weighted by atomic mass is 10.2. The van der Waals surface area contributed by atoms with Gasteiger partial charge in [0.15, 0.2) is 0 Å². The zero-order valence-corrected chi connectivity index (χ0v) is 9.17. The maximum atomic E-state index is 13.4. The van der Waals surface area contributed by atoms with Crippen LogP contribution in [0.5, 0.6) is 0 Å². The minimum Gasteiger partial charge on any atom is -0.326 e. The summed E-state index contributed by atoms with van der Waals surface area (Å²) in [6.45, 7) is 2.37. The van der Waals surface area contributed by atoms with Gasteiger partial charge in [-0.2, -0.15) is 0 Å². The predicted molar refractivity (Wildman–Crippen MR) is 59.3 cm³/mol. The van der Waals surface area contributed by atoms with Gasteiger partial charge in [-0.15, -0.1) is 0 Å². The van der Waals surface area contributed by atoms with Gasteiger partial charge in [-0.25, -0.2) is 4.39 Å². The summed E-state index contributed by atoms with van der Waals surface area (Å²) in [5.41, 5.74) is 6.43. The second kappa shape index (κ2) is 4.47. The molecule has 0 aromatic heterocycles. The van der Waals surface area contributed by atoms with Crippen LogP contribution in [0.1, 0.15) is 12.0 Å². The Morgan fingerprint density at radius 2 is 2.33 bits per heavy atom. The van der Waals surface area contributed by atoms with Crippen molar-refractivity contribution in [2.75, 3.05) is 13.1 Å². The van der Waals surface area contributed by atoms with Crippen LogP contribution in [0.2, 0.25) is 5.02 Å². The van der Waals surface area contributed by atoms with Crippen LogP contribution in [0.25, 0.3) is 0 Å². The molecule has 1 aromatic rings. The van der Waals surface area contributed by atoms with Crippen molar-refractivity contribution < 1.29 is 4.39 Å². The Labute approximate surface area is 93.8 Å². The highest BCUT2D eigenvalue weighted by Gasteiger charge is 2.19. The molecule has 0 spiro atoms. The largest absolute Gasteiger partial charge is 0.326 e. The first-order chi connectivity index (χ1) is 7.15. The average Bonchev–Trinajstić information content (AvgIpc) is 2.58. The fourth-order valence-electron chi connectivity index (χ4n) is 1.91. The molecule has 0 aliphatic carbocycles. The zero-order chi connectivity index (χ0) is 10.8. The van der Waals surface area contributed by atoms with Gasteiger partial charge in [0.1, 0.15) is 5.82 Å². The van der Waals surface area contributed by atoms with Gasteiger partial charge in [-0.05, 0) is 24.6 Å². The van der Waals surface area contributed by atoms with Crippen LogP contribution in [0, 0.1) is 5.82 Å². The van der Waals surface area contributed by atoms with Crippen molar-refractivity contribution in [2.45, 2.75) is 19.0 Å². The van der Waals surface area contributed by atoms with E-state index in [1.54, 1.807) is 12.1 Å². The van der Waals surface area contributed by atoms with Gasteiger partial charge in [0.25, 0.3) is 0 Å². The van der Waals surface area contributed by atoms with Crippen LogP contribution in [-0.4, -0.2) is 24.0 Å². The second-order valence-corrected chi connectivity index (χ2v) is 4.46. The van der Waals surface area contributed by atoms with Crippen LogP contribution in [0.3, 0.4) is 0 Å². The summed E-state index contributed by atoms with van der Waals surface area (Å²) in [7, 11) is 0. The van der Waals surface area contributed by atoms with Crippen molar-refractivity contribution in [3.63, 3.8) is 0 Å². The Morgan fingerprint density at radius 3 is 3.00 bits per heavy atom. The Bertz CT molecular complexity index is 356. The first-order valence-electron chi connectivity index (χ1n) is 5.07. The molecule has 4 heteroatoms. The van der Waals surface area contributed by atoms with E-state index in [0.717, 1.165) is 19.5 Å². The summed E-state index contributed by atoms with van der Waals surface area (Å²) in [5, 5.41) is 0.579. The fraction of sp³-hybridized carbons (Fsp3) is 0.455. The summed E-state index contributed by atoms with van der Waals surface area (Å²) in [4.78, 5) is 2.15. The SMILES string of the molecule is N[C@@H]1CCN(Cc2cc(Cl)ccc2F)C1. The molecule has 1 fully saturated rings. The molecular formula is C11H14ClFN2. The monoisotopic (exact) mass is 228 g/mol. The average molecular weight is 229 g/mol. The summed E-state index contributed by atoms with van der Waals surface area (Å²) >= 11 is 5.82. The molecule has 0 amide bonds. The lowest BCUT2D eigenvalue weighted by Gasteiger charge is -2.15. The molecule has 0 unspecified atom stereocenters. The van der Waals surface area contributed by atoms with Crippen molar-refractivity contribution in [1.29, 1.82) is 0 Å². The number of rotatable bonds is 2. The third-order valence-corrected chi connectivity index (χ3v) is 2.95. The van der Waals surface area contributed by atoms with E-state index in [1.807, 2.05) is 0 Å². The molecule has 15 heavy (non-hydrogen) atoms. The Hall–Kier alpha value is -0.640. The number of likely N-dealkylation sites (tertiary alicyclic amines) is 1. The number of benzene rings is 1. The lowest BCUT2D eigenvalue weighted by Crippen LogP contribution is -2.26. The fourth-order valence-corrected chi connectivity index (χ4v) is 2.11. The maximum absolute atomic E-state index is 13.4. The van der Waals surface area contributed by atoms with E-state index in [9.17, 15) is 4.39 Å². The Balaban J connectivity index is 2.07. The molecule has 2 N–H and O–H groups in total. The standard InChI is InChI=1S/C11H14ClFN2/c12-9-1-2-11(13)8(5-9)6-15-4-3-10(14)7-15/h1-2,5,10H,3-4,6-7,14H2/t10-/m1/s1. The number of hydrogen-bond donors (Lipinski definition) is 1. The molecule has 1 aliphatic rings. The molecule has 0 bridgehead atoms. The van der Waals surface area contributed by atoms with E-state index in [-0.39, 0.29) is 11.9 Å². The number of hydrogen-bond acceptors (Lipinski definition) is 2. The molecule has 1 saturated heterocycles. The van der Waals surface area contributed by atoms with Crippen LogP contribution < -0.4 is 5.73 Å². The molecule has 1 aliphatic heterocycles. The minimum absolute atomic E-state index is 0.195. The highest BCUT2D eigenvalue weighted by molar-refractivity contribution is 6.30. The summed E-state index contributed by atoms with van der Waals surface area (Å²) in [6.07, 6.45) is 0.988. The normalized spacial score (nSPS) is 22.2. The third-order valence-electron chi connectivity index (χ3n) is 2.71. The van der Waals surface area contributed by atoms with E-state index in [4.69, 9.17) is 17.3 Å². The maximum Gasteiger partial charge on any atom is 0.127 e. The van der Waals surface area contributed by atoms with Gasteiger partial charge >= 0.3 is 0 Å². The third kappa shape index (κ3) is 2.68. The van der Waals surface area contributed by atoms with E-state index < -0.39 is 0 Å². The first-order valence-corrected chi connectivity index (χ1v) is 5.45. The first kappa shape index (κ1) is 10.9. The summed E-state index contributed by atoms with van der Waals surface area (Å²) in [6, 6.07) is 4.89. The molecule has 2 nitrogen and oxygen atoms in total. The zero-order valence-electron chi connectivity index (χ0n) is 8.42. The molecule has 2 rings (SSSR count). The van der Waals surface area contributed by atoms with Gasteiger partial charge in [0.05, 0.1) is 0 Å². The van der Waals surface area contributed by atoms with E-state index in [0.29, 0.717) is 17.1 Å². The highest BCUT2D eigenvalue weighted by Crippen LogP contribution is 2.18. The topological polar surface area (TPSA) is 29.3 Å². The molecule has 1 atom stereocenters. The van der Waals surface area contributed by atoms with Crippen molar-refractivity contribution >= 4 is 11.6 Å². The molecule has 82 valence electrons. The van der Waals surface area contributed by atoms with Crippen LogP contribution in [-0.2, 0) is 6.54 Å². The molecule has 0 saturated carbocycles. The van der Waals surface area contributed by atoms with Crippen molar-refractivity contribution in [3.05, 3.63) is 34.6 Å². The quantitative estimate of drug-likeness (QED) is 0.839. The van der Waals surface area contributed by atoms with Crippen LogP contribution in [0.4, 0.5) is 4.39 Å². The molecular weight excluding hydrogens is 215 g/mol. The van der Waals surface area contributed by atoms with Gasteiger partial charge in [0, 0.05) is 36.3 Å². The Morgan fingerprint density at radius 1 is 1.53 bits per heavy atom. The highest BCUT2D eigenvalue weighted by atomic mass is 35.5. The van der Waals surface area contributed by atoms with Crippen molar-refractivity contribution in [3.8, 4) is 0 Å². The van der Waals surface area contributed by atoms with E-state index in [2.05, 4.69) is 4.90 Å². The summed E-state index contributed by atoms with van der Waals surface area (Å²) in [5.74, 6) is -0.195. The number of nitrogens with two attached hydrogens (primary N) is 1. The second-order valence-electron chi connectivity index (χ2n) is 4.02. The minimum atomic E-state index is -0.195. The molecule has 1 heterocycles. The Kier molecular flexibility index (Phi) is 3.24. The van der Waals surface area contributed by atoms with E-state index in [1.165, 1.54) is 6.07 Å². The van der Waals surface area contributed by atoms with Crippen molar-refractivity contribution in [1.82, 2.24) is 4.90 Å². The number of halogens is 2. The predicted octanol–water partition coefficient (Wildman–Crippen LogP) is 2.01. The van der Waals surface area contributed by atoms with Crippen LogP contribution in [0.15, 0.2) is 18.2 Å². The smallest absolute Gasteiger partial charge is 0.127 e.